The van der Waals surface area contributed by atoms with Crippen LogP contribution in [0.1, 0.15) is 6.42 Å². The van der Waals surface area contributed by atoms with Gasteiger partial charge in [0.05, 0.1) is 25.2 Å². The number of hydrogen-bond donors (Lipinski definition) is 1. The zero-order chi connectivity index (χ0) is 16.0. The largest absolute Gasteiger partial charge is 0.384 e. The number of nitrogens with one attached hydrogen (secondary N) is 1. The highest BCUT2D eigenvalue weighted by molar-refractivity contribution is 7.88. The first-order valence-corrected chi connectivity index (χ1v) is 8.57. The highest BCUT2D eigenvalue weighted by atomic mass is 32.2. The van der Waals surface area contributed by atoms with E-state index < -0.39 is 15.9 Å². The molecule has 1 aliphatic heterocycles. The lowest BCUT2D eigenvalue weighted by molar-refractivity contribution is -0.133. The first-order valence-electron chi connectivity index (χ1n) is 6.73. The van der Waals surface area contributed by atoms with Crippen molar-refractivity contribution in [3.63, 3.8) is 0 Å². The number of methoxy groups -OCH3 is 1. The zero-order valence-electron chi connectivity index (χ0n) is 12.7. The van der Waals surface area contributed by atoms with Gasteiger partial charge in [-0.3, -0.25) is 9.59 Å². The third kappa shape index (κ3) is 5.25. The molecule has 0 bridgehead atoms. The Hall–Kier alpha value is -1.19. The number of carbonyl (C=O) groups is 2. The van der Waals surface area contributed by atoms with E-state index in [-0.39, 0.29) is 44.4 Å². The van der Waals surface area contributed by atoms with Crippen LogP contribution in [0.3, 0.4) is 0 Å². The lowest BCUT2D eigenvalue weighted by atomic mass is 10.1. The predicted molar refractivity (Wildman–Crippen MR) is 77.0 cm³/mol. The van der Waals surface area contributed by atoms with Gasteiger partial charge < -0.3 is 15.0 Å². The minimum Gasteiger partial charge on any atom is -0.384 e. The van der Waals surface area contributed by atoms with Crippen molar-refractivity contribution < 1.29 is 22.7 Å². The molecule has 21 heavy (non-hydrogen) atoms. The summed E-state index contributed by atoms with van der Waals surface area (Å²) in [5, 5.41) is 2.51. The van der Waals surface area contributed by atoms with Crippen molar-refractivity contribution in [2.24, 2.45) is 5.92 Å². The van der Waals surface area contributed by atoms with Crippen LogP contribution in [-0.4, -0.2) is 82.6 Å². The summed E-state index contributed by atoms with van der Waals surface area (Å²) in [7, 11) is -0.396. The first kappa shape index (κ1) is 17.9. The van der Waals surface area contributed by atoms with Crippen LogP contribution in [-0.2, 0) is 24.3 Å². The summed E-state index contributed by atoms with van der Waals surface area (Å²) >= 11 is 0. The van der Waals surface area contributed by atoms with Gasteiger partial charge in [-0.1, -0.05) is 0 Å². The normalized spacial score (nSPS) is 20.9. The summed E-state index contributed by atoms with van der Waals surface area (Å²) in [4.78, 5) is 25.5. The maximum Gasteiger partial charge on any atom is 0.225 e. The van der Waals surface area contributed by atoms with Crippen LogP contribution in [0.5, 0.6) is 0 Å². The third-order valence-electron chi connectivity index (χ3n) is 3.44. The van der Waals surface area contributed by atoms with Crippen LogP contribution in [0.4, 0.5) is 0 Å². The number of ether oxygens (including phenoxy) is 1. The van der Waals surface area contributed by atoms with Crippen molar-refractivity contribution >= 4 is 21.8 Å². The van der Waals surface area contributed by atoms with Crippen molar-refractivity contribution in [1.82, 2.24) is 14.5 Å². The molecule has 122 valence electrons. The fourth-order valence-electron chi connectivity index (χ4n) is 2.23. The molecular formula is C12H23N3O5S. The second-order valence-corrected chi connectivity index (χ2v) is 7.00. The molecule has 1 rings (SSSR count). The number of rotatable bonds is 5. The molecule has 0 aromatic heterocycles. The lowest BCUT2D eigenvalue weighted by Gasteiger charge is -2.23. The smallest absolute Gasteiger partial charge is 0.225 e. The summed E-state index contributed by atoms with van der Waals surface area (Å²) in [5.41, 5.74) is 0. The molecule has 0 aromatic carbocycles. The molecule has 1 heterocycles. The molecule has 1 saturated heterocycles. The van der Waals surface area contributed by atoms with E-state index in [1.165, 1.54) is 23.4 Å². The highest BCUT2D eigenvalue weighted by Crippen LogP contribution is 2.14. The summed E-state index contributed by atoms with van der Waals surface area (Å²) in [6, 6.07) is 0. The predicted octanol–water partition coefficient (Wildman–Crippen LogP) is -1.51. The maximum absolute atomic E-state index is 12.1. The molecule has 0 radical (unpaired) electrons. The van der Waals surface area contributed by atoms with Crippen LogP contribution < -0.4 is 5.32 Å². The van der Waals surface area contributed by atoms with Crippen molar-refractivity contribution in [2.75, 3.05) is 53.2 Å². The first-order chi connectivity index (χ1) is 9.79. The van der Waals surface area contributed by atoms with Crippen LogP contribution in [0, 0.1) is 5.92 Å². The van der Waals surface area contributed by atoms with Crippen LogP contribution >= 0.6 is 0 Å². The molecular weight excluding hydrogens is 298 g/mol. The molecule has 1 aliphatic rings. The van der Waals surface area contributed by atoms with Gasteiger partial charge in [-0.2, -0.15) is 4.31 Å². The van der Waals surface area contributed by atoms with Crippen LogP contribution in [0.15, 0.2) is 0 Å². The summed E-state index contributed by atoms with van der Waals surface area (Å²) in [5.74, 6) is -0.977. The van der Waals surface area contributed by atoms with Crippen LogP contribution in [0.2, 0.25) is 0 Å². The van der Waals surface area contributed by atoms with Crippen molar-refractivity contribution in [3.8, 4) is 0 Å². The molecule has 1 fully saturated rings. The van der Waals surface area contributed by atoms with E-state index in [4.69, 9.17) is 4.74 Å². The lowest BCUT2D eigenvalue weighted by Crippen LogP contribution is -2.42. The van der Waals surface area contributed by atoms with E-state index in [9.17, 15) is 18.0 Å². The van der Waals surface area contributed by atoms with Gasteiger partial charge in [-0.05, 0) is 0 Å². The Kier molecular flexibility index (Phi) is 6.56. The fourth-order valence-corrected chi connectivity index (χ4v) is 3.09. The quantitative estimate of drug-likeness (QED) is 0.664. The molecule has 1 unspecified atom stereocenters. The zero-order valence-corrected chi connectivity index (χ0v) is 13.5. The van der Waals surface area contributed by atoms with E-state index in [0.29, 0.717) is 6.61 Å². The van der Waals surface area contributed by atoms with Gasteiger partial charge in [-0.25, -0.2) is 8.42 Å². The van der Waals surface area contributed by atoms with E-state index in [1.807, 2.05) is 0 Å². The van der Waals surface area contributed by atoms with E-state index in [0.717, 1.165) is 6.26 Å². The summed E-state index contributed by atoms with van der Waals surface area (Å²) in [6.07, 6.45) is 1.33. The average molecular weight is 321 g/mol. The summed E-state index contributed by atoms with van der Waals surface area (Å²) in [6.45, 7) is 1.09. The molecule has 0 saturated carbocycles. The van der Waals surface area contributed by atoms with Gasteiger partial charge in [0, 0.05) is 40.3 Å². The van der Waals surface area contributed by atoms with Gasteiger partial charge in [0.15, 0.2) is 0 Å². The molecule has 2 amide bonds. The Balaban J connectivity index is 2.87. The standard InChI is InChI=1S/C12H23N3O5S/c1-13-12(17)10-8-14(11(16)4-7-20-2)5-6-15(9-10)21(3,18)19/h10H,4-9H2,1-3H3,(H,13,17). The van der Waals surface area contributed by atoms with E-state index in [2.05, 4.69) is 5.32 Å². The van der Waals surface area contributed by atoms with Gasteiger partial charge in [0.25, 0.3) is 0 Å². The minimum absolute atomic E-state index is 0.0898. The second-order valence-electron chi connectivity index (χ2n) is 5.01. The Labute approximate surface area is 125 Å². The Morgan fingerprint density at radius 2 is 1.95 bits per heavy atom. The van der Waals surface area contributed by atoms with Gasteiger partial charge >= 0.3 is 0 Å². The van der Waals surface area contributed by atoms with Crippen LogP contribution in [0.25, 0.3) is 0 Å². The fraction of sp³-hybridized carbons (Fsp3) is 0.833. The Morgan fingerprint density at radius 3 is 2.48 bits per heavy atom. The number of amides is 2. The topological polar surface area (TPSA) is 96.0 Å². The van der Waals surface area contributed by atoms with Gasteiger partial charge in [0.2, 0.25) is 21.8 Å². The Bertz CT molecular complexity index is 479. The number of carbonyl (C=O) groups excluding carboxylic acids is 2. The maximum atomic E-state index is 12.1. The van der Waals surface area contributed by atoms with E-state index >= 15 is 0 Å². The molecule has 0 aromatic rings. The molecule has 1 N–H and O–H groups in total. The third-order valence-corrected chi connectivity index (χ3v) is 4.71. The second kappa shape index (κ2) is 7.71. The van der Waals surface area contributed by atoms with E-state index in [1.54, 1.807) is 0 Å². The number of sulfonamides is 1. The van der Waals surface area contributed by atoms with Crippen molar-refractivity contribution in [2.45, 2.75) is 6.42 Å². The molecule has 1 atom stereocenters. The number of hydrogen-bond acceptors (Lipinski definition) is 5. The molecule has 9 heteroatoms. The minimum atomic E-state index is -3.40. The summed E-state index contributed by atoms with van der Waals surface area (Å²) < 4.78 is 29.5. The Morgan fingerprint density at radius 1 is 1.29 bits per heavy atom. The average Bonchev–Trinajstić information content (AvgIpc) is 2.66. The van der Waals surface area contributed by atoms with Crippen molar-refractivity contribution in [3.05, 3.63) is 0 Å². The molecule has 8 nitrogen and oxygen atoms in total. The highest BCUT2D eigenvalue weighted by Gasteiger charge is 2.32. The SMILES string of the molecule is CNC(=O)C1CN(C(=O)CCOC)CCN(S(C)(=O)=O)C1. The van der Waals surface area contributed by atoms with Crippen molar-refractivity contribution in [1.29, 1.82) is 0 Å². The number of nitrogens with zero attached hydrogens (tertiary/aromatic N) is 2. The monoisotopic (exact) mass is 321 g/mol. The molecule has 0 spiro atoms. The van der Waals surface area contributed by atoms with Gasteiger partial charge in [-0.15, -0.1) is 0 Å². The molecule has 0 aliphatic carbocycles. The van der Waals surface area contributed by atoms with Gasteiger partial charge in [0.1, 0.15) is 0 Å².